The SMILES string of the molecule is CC(=O)NC(C)C(=O)O.CC(=O)NC(CC1=CCC2C=CC=CC12)C(=O)O.CC(=O)Nc1ccc(C)cc1. The van der Waals surface area contributed by atoms with Gasteiger partial charge in [0.05, 0.1) is 0 Å². The van der Waals surface area contributed by atoms with Crippen LogP contribution in [0.4, 0.5) is 5.69 Å². The van der Waals surface area contributed by atoms with Gasteiger partial charge in [0.1, 0.15) is 12.1 Å². The van der Waals surface area contributed by atoms with E-state index in [-0.39, 0.29) is 17.7 Å². The van der Waals surface area contributed by atoms with Gasteiger partial charge in [-0.15, -0.1) is 0 Å². The van der Waals surface area contributed by atoms with E-state index < -0.39 is 24.0 Å². The van der Waals surface area contributed by atoms with Crippen LogP contribution < -0.4 is 16.0 Å². The third kappa shape index (κ3) is 12.2. The number of carboxylic acids is 2. The van der Waals surface area contributed by atoms with E-state index in [2.05, 4.69) is 34.2 Å². The minimum absolute atomic E-state index is 0.0335. The van der Waals surface area contributed by atoms with Crippen LogP contribution >= 0.6 is 0 Å². The maximum absolute atomic E-state index is 11.1. The van der Waals surface area contributed by atoms with Crippen molar-refractivity contribution in [3.05, 3.63) is 65.8 Å². The molecule has 38 heavy (non-hydrogen) atoms. The maximum atomic E-state index is 11.1. The molecule has 0 spiro atoms. The second kappa shape index (κ2) is 15.8. The molecule has 4 unspecified atom stereocenters. The molecule has 0 bridgehead atoms. The fourth-order valence-electron chi connectivity index (χ4n) is 3.81. The van der Waals surface area contributed by atoms with E-state index in [4.69, 9.17) is 10.2 Å². The lowest BCUT2D eigenvalue weighted by Gasteiger charge is -2.21. The van der Waals surface area contributed by atoms with Crippen LogP contribution in [0.3, 0.4) is 0 Å². The Morgan fingerprint density at radius 3 is 1.92 bits per heavy atom. The first-order valence-corrected chi connectivity index (χ1v) is 12.2. The molecule has 0 saturated carbocycles. The van der Waals surface area contributed by atoms with Crippen molar-refractivity contribution in [2.45, 2.75) is 59.5 Å². The van der Waals surface area contributed by atoms with E-state index in [1.165, 1.54) is 33.3 Å². The summed E-state index contributed by atoms with van der Waals surface area (Å²) >= 11 is 0. The lowest BCUT2D eigenvalue weighted by Crippen LogP contribution is -2.40. The van der Waals surface area contributed by atoms with E-state index in [0.717, 1.165) is 17.7 Å². The van der Waals surface area contributed by atoms with Crippen molar-refractivity contribution in [1.29, 1.82) is 0 Å². The molecule has 0 radical (unpaired) electrons. The number of hydrogen-bond donors (Lipinski definition) is 5. The molecule has 0 fully saturated rings. The maximum Gasteiger partial charge on any atom is 0.326 e. The topological polar surface area (TPSA) is 162 Å². The molecule has 0 aliphatic heterocycles. The number of nitrogens with one attached hydrogen (secondary N) is 3. The third-order valence-corrected chi connectivity index (χ3v) is 5.61. The van der Waals surface area contributed by atoms with Gasteiger partial charge in [-0.1, -0.05) is 53.6 Å². The molecular weight excluding hydrogens is 490 g/mol. The van der Waals surface area contributed by atoms with E-state index in [1.54, 1.807) is 0 Å². The Kier molecular flexibility index (Phi) is 13.2. The van der Waals surface area contributed by atoms with Crippen LogP contribution in [0.2, 0.25) is 0 Å². The minimum Gasteiger partial charge on any atom is -0.480 e. The highest BCUT2D eigenvalue weighted by molar-refractivity contribution is 5.88. The zero-order valence-electron chi connectivity index (χ0n) is 22.4. The molecule has 0 heterocycles. The highest BCUT2D eigenvalue weighted by Crippen LogP contribution is 2.38. The van der Waals surface area contributed by atoms with Crippen LogP contribution in [-0.4, -0.2) is 52.0 Å². The van der Waals surface area contributed by atoms with E-state index in [9.17, 15) is 24.0 Å². The summed E-state index contributed by atoms with van der Waals surface area (Å²) < 4.78 is 0. The van der Waals surface area contributed by atoms with Gasteiger partial charge < -0.3 is 26.2 Å². The van der Waals surface area contributed by atoms with Gasteiger partial charge in [-0.05, 0) is 44.7 Å². The number of hydrogen-bond acceptors (Lipinski definition) is 5. The standard InChI is InChI=1S/C14H17NO3.C9H11NO.C5H9NO3/c1-9(16)15-13(14(17)18)8-11-7-6-10-4-2-3-5-12(10)11;1-7-3-5-9(6-4-7)10-8(2)11;1-3(5(8)9)6-4(2)7/h2-5,7,10,12-13H,6,8H2,1H3,(H,15,16)(H,17,18);3-6H,1-2H3,(H,10,11);3H,1-2H3,(H,6,7)(H,8,9). The van der Waals surface area contributed by atoms with Crippen molar-refractivity contribution < 1.29 is 34.2 Å². The second-order valence-electron chi connectivity index (χ2n) is 9.08. The molecule has 5 N–H and O–H groups in total. The van der Waals surface area contributed by atoms with Crippen molar-refractivity contribution in [2.24, 2.45) is 11.8 Å². The second-order valence-corrected chi connectivity index (χ2v) is 9.08. The largest absolute Gasteiger partial charge is 0.480 e. The van der Waals surface area contributed by atoms with Crippen molar-refractivity contribution in [3.63, 3.8) is 0 Å². The molecule has 1 aromatic rings. The van der Waals surface area contributed by atoms with E-state index in [1.807, 2.05) is 43.3 Å². The summed E-state index contributed by atoms with van der Waals surface area (Å²) in [4.78, 5) is 52.9. The monoisotopic (exact) mass is 527 g/mol. The molecule has 0 saturated heterocycles. The number of carboxylic acid groups (broad SMARTS) is 2. The molecule has 2 aliphatic rings. The van der Waals surface area contributed by atoms with Gasteiger partial charge in [0.25, 0.3) is 0 Å². The van der Waals surface area contributed by atoms with Crippen molar-refractivity contribution in [2.75, 3.05) is 5.32 Å². The molecule has 3 amide bonds. The van der Waals surface area contributed by atoms with Crippen LogP contribution in [0.1, 0.15) is 46.1 Å². The Hall–Kier alpha value is -4.21. The highest BCUT2D eigenvalue weighted by atomic mass is 16.4. The molecule has 0 aromatic heterocycles. The number of aryl methyl sites for hydroxylation is 1. The average Bonchev–Trinajstić information content (AvgIpc) is 3.23. The number of benzene rings is 1. The molecule has 2 aliphatic carbocycles. The molecule has 3 rings (SSSR count). The molecular formula is C28H37N3O7. The minimum atomic E-state index is -1.02. The first kappa shape index (κ1) is 31.8. The van der Waals surface area contributed by atoms with Crippen LogP contribution in [0.5, 0.6) is 0 Å². The summed E-state index contributed by atoms with van der Waals surface area (Å²) in [6, 6.07) is 6.08. The normalized spacial score (nSPS) is 18.1. The third-order valence-electron chi connectivity index (χ3n) is 5.61. The van der Waals surface area contributed by atoms with Gasteiger partial charge in [-0.25, -0.2) is 4.79 Å². The van der Waals surface area contributed by atoms with E-state index in [0.29, 0.717) is 18.3 Å². The summed E-state index contributed by atoms with van der Waals surface area (Å²) in [7, 11) is 0. The predicted octanol–water partition coefficient (Wildman–Crippen LogP) is 3.20. The smallest absolute Gasteiger partial charge is 0.326 e. The quantitative estimate of drug-likeness (QED) is 0.340. The van der Waals surface area contributed by atoms with Crippen LogP contribution in [0, 0.1) is 18.8 Å². The number of allylic oxidation sites excluding steroid dienone is 5. The molecule has 10 heteroatoms. The number of carbonyl (C=O) groups is 5. The summed E-state index contributed by atoms with van der Waals surface area (Å²) in [5.41, 5.74) is 3.16. The molecule has 1 aromatic carbocycles. The summed E-state index contributed by atoms with van der Waals surface area (Å²) in [5.74, 6) is -1.92. The highest BCUT2D eigenvalue weighted by Gasteiger charge is 2.30. The lowest BCUT2D eigenvalue weighted by molar-refractivity contribution is -0.141. The summed E-state index contributed by atoms with van der Waals surface area (Å²) in [6.45, 7) is 7.53. The number of aliphatic carboxylic acids is 2. The predicted molar refractivity (Wildman–Crippen MR) is 144 cm³/mol. The van der Waals surface area contributed by atoms with Crippen LogP contribution in [0.25, 0.3) is 0 Å². The molecule has 4 atom stereocenters. The number of carbonyl (C=O) groups excluding carboxylic acids is 3. The van der Waals surface area contributed by atoms with Gasteiger partial charge in [-0.2, -0.15) is 0 Å². The Balaban J connectivity index is 0.000000310. The lowest BCUT2D eigenvalue weighted by atomic mass is 9.85. The first-order chi connectivity index (χ1) is 17.8. The molecule has 206 valence electrons. The zero-order chi connectivity index (χ0) is 28.8. The van der Waals surface area contributed by atoms with Gasteiger partial charge >= 0.3 is 11.9 Å². The zero-order valence-corrected chi connectivity index (χ0v) is 22.4. The number of rotatable bonds is 7. The summed E-state index contributed by atoms with van der Waals surface area (Å²) in [5, 5.41) is 24.7. The van der Waals surface area contributed by atoms with Gasteiger partial charge in [-0.3, -0.25) is 19.2 Å². The fraction of sp³-hybridized carbons (Fsp3) is 0.393. The van der Waals surface area contributed by atoms with Gasteiger partial charge in [0.15, 0.2) is 0 Å². The number of fused-ring (bicyclic) bond motifs is 1. The fourth-order valence-corrected chi connectivity index (χ4v) is 3.81. The average molecular weight is 528 g/mol. The Bertz CT molecular complexity index is 1090. The Labute approximate surface area is 222 Å². The summed E-state index contributed by atoms with van der Waals surface area (Å²) in [6.07, 6.45) is 11.7. The van der Waals surface area contributed by atoms with Crippen LogP contribution in [0.15, 0.2) is 60.2 Å². The Morgan fingerprint density at radius 2 is 1.45 bits per heavy atom. The number of anilines is 1. The van der Waals surface area contributed by atoms with Gasteiger partial charge in [0, 0.05) is 32.4 Å². The van der Waals surface area contributed by atoms with Crippen LogP contribution in [-0.2, 0) is 24.0 Å². The van der Waals surface area contributed by atoms with E-state index >= 15 is 0 Å². The molecule has 10 nitrogen and oxygen atoms in total. The van der Waals surface area contributed by atoms with Gasteiger partial charge in [0.2, 0.25) is 17.7 Å². The Morgan fingerprint density at radius 1 is 0.868 bits per heavy atom. The number of amides is 3. The van der Waals surface area contributed by atoms with Crippen molar-refractivity contribution in [3.8, 4) is 0 Å². The van der Waals surface area contributed by atoms with Crippen molar-refractivity contribution in [1.82, 2.24) is 10.6 Å². The first-order valence-electron chi connectivity index (χ1n) is 12.2. The van der Waals surface area contributed by atoms with Crippen molar-refractivity contribution >= 4 is 35.3 Å².